The minimum atomic E-state index is -1.07. The van der Waals surface area contributed by atoms with Crippen molar-refractivity contribution >= 4 is 5.97 Å². The molecular formula is C13H12N2O4. The number of methoxy groups -OCH3 is 1. The first-order chi connectivity index (χ1) is 9.19. The Hall–Kier alpha value is -2.63. The van der Waals surface area contributed by atoms with E-state index in [0.717, 1.165) is 11.3 Å². The van der Waals surface area contributed by atoms with Gasteiger partial charge < -0.3 is 14.6 Å². The first kappa shape index (κ1) is 12.8. The molecule has 1 heterocycles. The second-order valence-corrected chi connectivity index (χ2v) is 3.70. The van der Waals surface area contributed by atoms with Crippen molar-refractivity contribution in [1.82, 2.24) is 9.97 Å². The van der Waals surface area contributed by atoms with Gasteiger partial charge in [0.15, 0.2) is 0 Å². The Morgan fingerprint density at radius 1 is 1.21 bits per heavy atom. The van der Waals surface area contributed by atoms with Gasteiger partial charge in [-0.05, 0) is 17.7 Å². The molecule has 98 valence electrons. The summed E-state index contributed by atoms with van der Waals surface area (Å²) in [6, 6.07) is 7.52. The standard InChI is InChI=1S/C13H12N2O4/c1-18-11-4-2-9(3-5-11)8-19-13-14-6-10(7-15-13)12(16)17/h2-7H,8H2,1H3,(H,16,17). The lowest BCUT2D eigenvalue weighted by Gasteiger charge is -2.05. The average molecular weight is 260 g/mol. The maximum atomic E-state index is 10.6. The van der Waals surface area contributed by atoms with E-state index < -0.39 is 5.97 Å². The molecule has 0 atom stereocenters. The summed E-state index contributed by atoms with van der Waals surface area (Å²) in [5, 5.41) is 8.70. The summed E-state index contributed by atoms with van der Waals surface area (Å²) in [7, 11) is 1.60. The number of hydrogen-bond donors (Lipinski definition) is 1. The van der Waals surface area contributed by atoms with Gasteiger partial charge in [0.1, 0.15) is 12.4 Å². The fourth-order valence-electron chi connectivity index (χ4n) is 1.37. The summed E-state index contributed by atoms with van der Waals surface area (Å²) >= 11 is 0. The number of benzene rings is 1. The molecule has 0 aliphatic carbocycles. The third-order valence-electron chi connectivity index (χ3n) is 2.40. The summed E-state index contributed by atoms with van der Waals surface area (Å²) in [6.45, 7) is 0.302. The van der Waals surface area contributed by atoms with E-state index in [9.17, 15) is 4.79 Å². The molecular weight excluding hydrogens is 248 g/mol. The summed E-state index contributed by atoms with van der Waals surface area (Å²) in [6.07, 6.45) is 2.41. The second kappa shape index (κ2) is 5.81. The third-order valence-corrected chi connectivity index (χ3v) is 2.40. The number of nitrogens with zero attached hydrogens (tertiary/aromatic N) is 2. The highest BCUT2D eigenvalue weighted by Crippen LogP contribution is 2.12. The molecule has 0 saturated carbocycles. The molecule has 6 heteroatoms. The molecule has 19 heavy (non-hydrogen) atoms. The molecule has 2 rings (SSSR count). The Kier molecular flexibility index (Phi) is 3.92. The number of carboxylic acids is 1. The van der Waals surface area contributed by atoms with Crippen LogP contribution in [-0.2, 0) is 6.61 Å². The first-order valence-corrected chi connectivity index (χ1v) is 5.50. The highest BCUT2D eigenvalue weighted by Gasteiger charge is 2.05. The molecule has 0 aliphatic rings. The zero-order valence-electron chi connectivity index (χ0n) is 10.2. The van der Waals surface area contributed by atoms with E-state index in [1.54, 1.807) is 7.11 Å². The number of hydrogen-bond acceptors (Lipinski definition) is 5. The highest BCUT2D eigenvalue weighted by molar-refractivity contribution is 5.86. The van der Waals surface area contributed by atoms with Crippen LogP contribution in [0.15, 0.2) is 36.7 Å². The molecule has 1 N–H and O–H groups in total. The van der Waals surface area contributed by atoms with E-state index in [-0.39, 0.29) is 11.6 Å². The fraction of sp³-hybridized carbons (Fsp3) is 0.154. The number of rotatable bonds is 5. The van der Waals surface area contributed by atoms with Gasteiger partial charge in [0.25, 0.3) is 0 Å². The van der Waals surface area contributed by atoms with Crippen molar-refractivity contribution < 1.29 is 19.4 Å². The fourth-order valence-corrected chi connectivity index (χ4v) is 1.37. The molecule has 1 aromatic carbocycles. The van der Waals surface area contributed by atoms with E-state index in [0.29, 0.717) is 6.61 Å². The number of carbonyl (C=O) groups is 1. The zero-order valence-corrected chi connectivity index (χ0v) is 10.2. The van der Waals surface area contributed by atoms with Crippen LogP contribution in [0.2, 0.25) is 0 Å². The van der Waals surface area contributed by atoms with Gasteiger partial charge in [-0.25, -0.2) is 14.8 Å². The molecule has 6 nitrogen and oxygen atoms in total. The summed E-state index contributed by atoms with van der Waals surface area (Å²) in [5.41, 5.74) is 0.962. The number of ether oxygens (including phenoxy) is 2. The smallest absolute Gasteiger partial charge is 0.338 e. The van der Waals surface area contributed by atoms with E-state index in [4.69, 9.17) is 14.6 Å². The Morgan fingerprint density at radius 2 is 1.84 bits per heavy atom. The van der Waals surface area contributed by atoms with Crippen molar-refractivity contribution in [3.63, 3.8) is 0 Å². The maximum absolute atomic E-state index is 10.6. The molecule has 0 radical (unpaired) electrons. The van der Waals surface area contributed by atoms with E-state index in [1.165, 1.54) is 12.4 Å². The lowest BCUT2D eigenvalue weighted by atomic mass is 10.2. The van der Waals surface area contributed by atoms with E-state index >= 15 is 0 Å². The molecule has 0 aliphatic heterocycles. The molecule has 0 saturated heterocycles. The average Bonchev–Trinajstić information content (AvgIpc) is 2.46. The van der Waals surface area contributed by atoms with Gasteiger partial charge in [-0.2, -0.15) is 0 Å². The van der Waals surface area contributed by atoms with Crippen LogP contribution in [0.1, 0.15) is 15.9 Å². The van der Waals surface area contributed by atoms with Crippen LogP contribution < -0.4 is 9.47 Å². The van der Waals surface area contributed by atoms with Crippen molar-refractivity contribution in [3.8, 4) is 11.8 Å². The number of carboxylic acid groups (broad SMARTS) is 1. The predicted molar refractivity (Wildman–Crippen MR) is 66.3 cm³/mol. The van der Waals surface area contributed by atoms with Gasteiger partial charge in [0, 0.05) is 12.4 Å². The van der Waals surface area contributed by atoms with Crippen LogP contribution >= 0.6 is 0 Å². The Balaban J connectivity index is 1.95. The van der Waals surface area contributed by atoms with Gasteiger partial charge >= 0.3 is 12.0 Å². The largest absolute Gasteiger partial charge is 0.497 e. The topological polar surface area (TPSA) is 81.5 Å². The lowest BCUT2D eigenvalue weighted by molar-refractivity contribution is 0.0695. The zero-order chi connectivity index (χ0) is 13.7. The summed E-state index contributed by atoms with van der Waals surface area (Å²) < 4.78 is 10.4. The normalized spacial score (nSPS) is 9.95. The maximum Gasteiger partial charge on any atom is 0.338 e. The summed E-state index contributed by atoms with van der Waals surface area (Å²) in [5.74, 6) is -0.299. The Morgan fingerprint density at radius 3 is 2.37 bits per heavy atom. The van der Waals surface area contributed by atoms with Gasteiger partial charge in [-0.15, -0.1) is 0 Å². The third kappa shape index (κ3) is 3.41. The van der Waals surface area contributed by atoms with Gasteiger partial charge in [0.05, 0.1) is 12.7 Å². The van der Waals surface area contributed by atoms with E-state index in [2.05, 4.69) is 9.97 Å². The highest BCUT2D eigenvalue weighted by atomic mass is 16.5. The Bertz CT molecular complexity index is 552. The van der Waals surface area contributed by atoms with Crippen LogP contribution in [0, 0.1) is 0 Å². The molecule has 0 unspecified atom stereocenters. The van der Waals surface area contributed by atoms with Gasteiger partial charge in [0.2, 0.25) is 0 Å². The van der Waals surface area contributed by atoms with Gasteiger partial charge in [-0.1, -0.05) is 12.1 Å². The van der Waals surface area contributed by atoms with Crippen LogP contribution in [0.4, 0.5) is 0 Å². The predicted octanol–water partition coefficient (Wildman–Crippen LogP) is 1.76. The van der Waals surface area contributed by atoms with Crippen molar-refractivity contribution in [3.05, 3.63) is 47.8 Å². The Labute approximate surface area is 109 Å². The molecule has 0 bridgehead atoms. The minimum absolute atomic E-state index is 0.0248. The van der Waals surface area contributed by atoms with Crippen molar-refractivity contribution in [1.29, 1.82) is 0 Å². The van der Waals surface area contributed by atoms with Crippen LogP contribution in [0.3, 0.4) is 0 Å². The quantitative estimate of drug-likeness (QED) is 0.882. The number of aromatic carboxylic acids is 1. The van der Waals surface area contributed by atoms with Crippen molar-refractivity contribution in [2.75, 3.05) is 7.11 Å². The van der Waals surface area contributed by atoms with Crippen molar-refractivity contribution in [2.45, 2.75) is 6.61 Å². The SMILES string of the molecule is COc1ccc(COc2ncc(C(=O)O)cn2)cc1. The summed E-state index contributed by atoms with van der Waals surface area (Å²) in [4.78, 5) is 18.2. The molecule has 1 aromatic heterocycles. The van der Waals surface area contributed by atoms with E-state index in [1.807, 2.05) is 24.3 Å². The van der Waals surface area contributed by atoms with Crippen LogP contribution in [0.25, 0.3) is 0 Å². The lowest BCUT2D eigenvalue weighted by Crippen LogP contribution is -2.02. The minimum Gasteiger partial charge on any atom is -0.497 e. The second-order valence-electron chi connectivity index (χ2n) is 3.70. The van der Waals surface area contributed by atoms with Crippen LogP contribution in [0.5, 0.6) is 11.8 Å². The molecule has 2 aromatic rings. The molecule has 0 fully saturated rings. The van der Waals surface area contributed by atoms with Gasteiger partial charge in [-0.3, -0.25) is 0 Å². The molecule has 0 spiro atoms. The molecule has 0 amide bonds. The van der Waals surface area contributed by atoms with Crippen LogP contribution in [-0.4, -0.2) is 28.2 Å². The first-order valence-electron chi connectivity index (χ1n) is 5.50. The number of aromatic nitrogens is 2. The monoisotopic (exact) mass is 260 g/mol. The van der Waals surface area contributed by atoms with Crippen molar-refractivity contribution in [2.24, 2.45) is 0 Å².